The summed E-state index contributed by atoms with van der Waals surface area (Å²) in [6.07, 6.45) is 3.57. The van der Waals surface area contributed by atoms with Gasteiger partial charge in [0.15, 0.2) is 0 Å². The molecule has 0 aliphatic carbocycles. The van der Waals surface area contributed by atoms with Crippen LogP contribution in [-0.2, 0) is 0 Å². The lowest BCUT2D eigenvalue weighted by Gasteiger charge is -2.16. The Hall–Kier alpha value is 0.250. The Balaban J connectivity index is 3.24. The van der Waals surface area contributed by atoms with Gasteiger partial charge in [-0.3, -0.25) is 0 Å². The van der Waals surface area contributed by atoms with E-state index in [-0.39, 0.29) is 0 Å². The highest BCUT2D eigenvalue weighted by atomic mass is 35.5. The standard InChI is InChI=1S/C10H22ClN/c1-4-9(2)8-12-10(3)6-5-7-11/h9-10,12H,4-8H2,1-3H3. The third-order valence-corrected chi connectivity index (χ3v) is 2.55. The molecular formula is C10H22ClN. The second kappa shape index (κ2) is 7.88. The van der Waals surface area contributed by atoms with E-state index in [0.717, 1.165) is 24.8 Å². The molecule has 0 heterocycles. The van der Waals surface area contributed by atoms with Crippen LogP contribution in [0.5, 0.6) is 0 Å². The summed E-state index contributed by atoms with van der Waals surface area (Å²) in [5.74, 6) is 1.58. The number of rotatable bonds is 7. The van der Waals surface area contributed by atoms with Crippen LogP contribution in [0.2, 0.25) is 0 Å². The molecule has 0 saturated heterocycles. The molecule has 0 aromatic heterocycles. The van der Waals surface area contributed by atoms with Crippen LogP contribution >= 0.6 is 11.6 Å². The Morgan fingerprint density at radius 1 is 1.33 bits per heavy atom. The number of nitrogens with one attached hydrogen (secondary N) is 1. The number of hydrogen-bond acceptors (Lipinski definition) is 1. The molecule has 74 valence electrons. The van der Waals surface area contributed by atoms with Gasteiger partial charge < -0.3 is 5.32 Å². The third kappa shape index (κ3) is 6.93. The number of hydrogen-bond donors (Lipinski definition) is 1. The average molecular weight is 192 g/mol. The Bertz CT molecular complexity index is 95.8. The van der Waals surface area contributed by atoms with Crippen LogP contribution in [0.15, 0.2) is 0 Å². The average Bonchev–Trinajstić information content (AvgIpc) is 2.10. The number of halogens is 1. The molecule has 0 aliphatic heterocycles. The quantitative estimate of drug-likeness (QED) is 0.611. The minimum atomic E-state index is 0.623. The van der Waals surface area contributed by atoms with Gasteiger partial charge in [-0.2, -0.15) is 0 Å². The van der Waals surface area contributed by atoms with Gasteiger partial charge in [0, 0.05) is 11.9 Å². The van der Waals surface area contributed by atoms with Crippen LogP contribution in [0.1, 0.15) is 40.0 Å². The van der Waals surface area contributed by atoms with E-state index in [1.54, 1.807) is 0 Å². The highest BCUT2D eigenvalue weighted by molar-refractivity contribution is 6.17. The van der Waals surface area contributed by atoms with Crippen molar-refractivity contribution < 1.29 is 0 Å². The molecule has 0 saturated carbocycles. The van der Waals surface area contributed by atoms with E-state index in [2.05, 4.69) is 26.1 Å². The molecule has 2 unspecified atom stereocenters. The molecule has 0 aliphatic rings. The predicted molar refractivity (Wildman–Crippen MR) is 56.9 cm³/mol. The van der Waals surface area contributed by atoms with Gasteiger partial charge in [-0.1, -0.05) is 20.3 Å². The fourth-order valence-corrected chi connectivity index (χ4v) is 1.19. The van der Waals surface area contributed by atoms with Crippen molar-refractivity contribution in [3.8, 4) is 0 Å². The minimum absolute atomic E-state index is 0.623. The lowest BCUT2D eigenvalue weighted by Crippen LogP contribution is -2.30. The molecule has 0 radical (unpaired) electrons. The first-order valence-corrected chi connectivity index (χ1v) is 5.53. The monoisotopic (exact) mass is 191 g/mol. The highest BCUT2D eigenvalue weighted by Crippen LogP contribution is 2.01. The van der Waals surface area contributed by atoms with Crippen molar-refractivity contribution in [1.29, 1.82) is 0 Å². The summed E-state index contributed by atoms with van der Waals surface area (Å²) in [6.45, 7) is 7.88. The smallest absolute Gasteiger partial charge is 0.0224 e. The van der Waals surface area contributed by atoms with Crippen molar-refractivity contribution in [3.05, 3.63) is 0 Å². The summed E-state index contributed by atoms with van der Waals surface area (Å²) in [5, 5.41) is 3.51. The molecule has 0 bridgehead atoms. The first-order chi connectivity index (χ1) is 5.70. The van der Waals surface area contributed by atoms with Gasteiger partial charge in [0.1, 0.15) is 0 Å². The van der Waals surface area contributed by atoms with E-state index in [1.165, 1.54) is 12.8 Å². The van der Waals surface area contributed by atoms with E-state index in [0.29, 0.717) is 6.04 Å². The second-order valence-electron chi connectivity index (χ2n) is 3.65. The van der Waals surface area contributed by atoms with Gasteiger partial charge in [-0.25, -0.2) is 0 Å². The van der Waals surface area contributed by atoms with E-state index in [9.17, 15) is 0 Å². The zero-order chi connectivity index (χ0) is 9.40. The van der Waals surface area contributed by atoms with Gasteiger partial charge in [0.25, 0.3) is 0 Å². The molecule has 2 atom stereocenters. The lowest BCUT2D eigenvalue weighted by atomic mass is 10.1. The Morgan fingerprint density at radius 2 is 2.00 bits per heavy atom. The SMILES string of the molecule is CCC(C)CNC(C)CCCCl. The molecule has 0 rings (SSSR count). The third-order valence-electron chi connectivity index (χ3n) is 2.28. The Labute approximate surface area is 81.9 Å². The van der Waals surface area contributed by atoms with Crippen LogP contribution in [0.3, 0.4) is 0 Å². The van der Waals surface area contributed by atoms with Crippen molar-refractivity contribution in [2.45, 2.75) is 46.1 Å². The maximum Gasteiger partial charge on any atom is 0.0224 e. The maximum absolute atomic E-state index is 5.61. The van der Waals surface area contributed by atoms with Crippen molar-refractivity contribution in [1.82, 2.24) is 5.32 Å². The summed E-state index contributed by atoms with van der Waals surface area (Å²) >= 11 is 5.61. The molecule has 0 spiro atoms. The Morgan fingerprint density at radius 3 is 2.50 bits per heavy atom. The molecule has 0 amide bonds. The van der Waals surface area contributed by atoms with E-state index < -0.39 is 0 Å². The van der Waals surface area contributed by atoms with Gasteiger partial charge in [0.2, 0.25) is 0 Å². The molecule has 2 heteroatoms. The van der Waals surface area contributed by atoms with Crippen LogP contribution < -0.4 is 5.32 Å². The van der Waals surface area contributed by atoms with Gasteiger partial charge in [-0.05, 0) is 32.2 Å². The van der Waals surface area contributed by atoms with Crippen molar-refractivity contribution in [3.63, 3.8) is 0 Å². The molecule has 0 aromatic carbocycles. The van der Waals surface area contributed by atoms with Crippen LogP contribution in [0.4, 0.5) is 0 Å². The topological polar surface area (TPSA) is 12.0 Å². The van der Waals surface area contributed by atoms with E-state index >= 15 is 0 Å². The van der Waals surface area contributed by atoms with Gasteiger partial charge >= 0.3 is 0 Å². The zero-order valence-electron chi connectivity index (χ0n) is 8.57. The fraction of sp³-hybridized carbons (Fsp3) is 1.00. The fourth-order valence-electron chi connectivity index (χ4n) is 1.03. The van der Waals surface area contributed by atoms with Crippen molar-refractivity contribution in [2.75, 3.05) is 12.4 Å². The predicted octanol–water partition coefficient (Wildman–Crippen LogP) is 3.03. The molecular weight excluding hydrogens is 170 g/mol. The normalized spacial score (nSPS) is 16.0. The summed E-state index contributed by atoms with van der Waals surface area (Å²) in [4.78, 5) is 0. The molecule has 12 heavy (non-hydrogen) atoms. The molecule has 1 nitrogen and oxygen atoms in total. The maximum atomic E-state index is 5.61. The Kier molecular flexibility index (Phi) is 8.04. The largest absolute Gasteiger partial charge is 0.314 e. The van der Waals surface area contributed by atoms with Crippen LogP contribution in [0.25, 0.3) is 0 Å². The van der Waals surface area contributed by atoms with E-state index in [4.69, 9.17) is 11.6 Å². The van der Waals surface area contributed by atoms with Crippen LogP contribution in [-0.4, -0.2) is 18.5 Å². The van der Waals surface area contributed by atoms with Gasteiger partial charge in [0.05, 0.1) is 0 Å². The molecule has 1 N–H and O–H groups in total. The van der Waals surface area contributed by atoms with Crippen LogP contribution in [0, 0.1) is 5.92 Å². The summed E-state index contributed by atoms with van der Waals surface area (Å²) in [7, 11) is 0. The summed E-state index contributed by atoms with van der Waals surface area (Å²) in [6, 6.07) is 0.623. The highest BCUT2D eigenvalue weighted by Gasteiger charge is 2.02. The lowest BCUT2D eigenvalue weighted by molar-refractivity contribution is 0.436. The molecule has 0 aromatic rings. The second-order valence-corrected chi connectivity index (χ2v) is 4.03. The first kappa shape index (κ1) is 12.2. The van der Waals surface area contributed by atoms with Crippen molar-refractivity contribution >= 4 is 11.6 Å². The summed E-state index contributed by atoms with van der Waals surface area (Å²) < 4.78 is 0. The number of alkyl halides is 1. The van der Waals surface area contributed by atoms with Gasteiger partial charge in [-0.15, -0.1) is 11.6 Å². The first-order valence-electron chi connectivity index (χ1n) is 5.00. The summed E-state index contributed by atoms with van der Waals surface area (Å²) in [5.41, 5.74) is 0. The van der Waals surface area contributed by atoms with E-state index in [1.807, 2.05) is 0 Å². The zero-order valence-corrected chi connectivity index (χ0v) is 9.32. The minimum Gasteiger partial charge on any atom is -0.314 e. The molecule has 0 fully saturated rings. The van der Waals surface area contributed by atoms with Crippen molar-refractivity contribution in [2.24, 2.45) is 5.92 Å².